The first-order chi connectivity index (χ1) is 7.69. The molecule has 0 spiro atoms. The van der Waals surface area contributed by atoms with Crippen molar-refractivity contribution in [1.29, 1.82) is 5.26 Å². The number of ether oxygens (including phenoxy) is 1. The van der Waals surface area contributed by atoms with E-state index in [1.165, 1.54) is 7.11 Å². The van der Waals surface area contributed by atoms with Crippen molar-refractivity contribution in [2.75, 3.05) is 7.11 Å². The van der Waals surface area contributed by atoms with Crippen LogP contribution in [-0.4, -0.2) is 13.1 Å². The van der Waals surface area contributed by atoms with Crippen LogP contribution in [0, 0.1) is 11.3 Å². The van der Waals surface area contributed by atoms with Gasteiger partial charge in [-0.2, -0.15) is 5.26 Å². The molecule has 0 bridgehead atoms. The van der Waals surface area contributed by atoms with E-state index in [1.807, 2.05) is 6.92 Å². The minimum Gasteiger partial charge on any atom is -0.465 e. The summed E-state index contributed by atoms with van der Waals surface area (Å²) in [7, 11) is 1.34. The first-order valence-electron chi connectivity index (χ1n) is 4.88. The molecule has 0 aliphatic rings. The highest BCUT2D eigenvalue weighted by Crippen LogP contribution is 2.22. The van der Waals surface area contributed by atoms with Gasteiger partial charge in [-0.25, -0.2) is 4.79 Å². The molecule has 0 aromatic heterocycles. The highest BCUT2D eigenvalue weighted by molar-refractivity contribution is 9.08. The molecule has 0 saturated heterocycles. The lowest BCUT2D eigenvalue weighted by atomic mass is 9.95. The van der Waals surface area contributed by atoms with Gasteiger partial charge in [-0.15, -0.1) is 0 Å². The summed E-state index contributed by atoms with van der Waals surface area (Å²) in [6.45, 7) is 1.92. The Hall–Kier alpha value is -1.34. The molecular weight excluding hydrogens is 270 g/mol. The van der Waals surface area contributed by atoms with E-state index < -0.39 is 5.97 Å². The van der Waals surface area contributed by atoms with Gasteiger partial charge < -0.3 is 4.74 Å². The zero-order valence-corrected chi connectivity index (χ0v) is 10.8. The van der Waals surface area contributed by atoms with Gasteiger partial charge in [-0.3, -0.25) is 0 Å². The summed E-state index contributed by atoms with van der Waals surface area (Å²) in [6.07, 6.45) is 0.633. The molecule has 0 amide bonds. The van der Waals surface area contributed by atoms with Crippen molar-refractivity contribution in [2.24, 2.45) is 0 Å². The standard InChI is InChI=1S/C12H12BrNO2/c1-3-9-10(12(15)16-2)5-4-8(6-13)11(9)7-14/h4-5H,3,6H2,1-2H3. The molecule has 0 radical (unpaired) electrons. The quantitative estimate of drug-likeness (QED) is 0.632. The van der Waals surface area contributed by atoms with Gasteiger partial charge in [0, 0.05) is 5.33 Å². The van der Waals surface area contributed by atoms with Crippen LogP contribution in [0.4, 0.5) is 0 Å². The Labute approximate surface area is 103 Å². The van der Waals surface area contributed by atoms with Crippen molar-refractivity contribution in [3.63, 3.8) is 0 Å². The van der Waals surface area contributed by atoms with Crippen LogP contribution >= 0.6 is 15.9 Å². The van der Waals surface area contributed by atoms with Gasteiger partial charge in [0.25, 0.3) is 0 Å². The van der Waals surface area contributed by atoms with Crippen molar-refractivity contribution in [3.05, 3.63) is 34.4 Å². The molecule has 0 aliphatic carbocycles. The molecule has 16 heavy (non-hydrogen) atoms. The lowest BCUT2D eigenvalue weighted by molar-refractivity contribution is 0.0599. The molecule has 0 atom stereocenters. The molecule has 1 aromatic carbocycles. The average Bonchev–Trinajstić information content (AvgIpc) is 2.35. The van der Waals surface area contributed by atoms with Gasteiger partial charge in [-0.05, 0) is 23.6 Å². The first kappa shape index (κ1) is 12.7. The number of nitrogens with zero attached hydrogens (tertiary/aromatic N) is 1. The van der Waals surface area contributed by atoms with Crippen molar-refractivity contribution in [1.82, 2.24) is 0 Å². The Bertz CT molecular complexity index is 449. The molecular formula is C12H12BrNO2. The van der Waals surface area contributed by atoms with Crippen molar-refractivity contribution in [2.45, 2.75) is 18.7 Å². The summed E-state index contributed by atoms with van der Waals surface area (Å²) in [5, 5.41) is 9.72. The molecule has 0 aliphatic heterocycles. The summed E-state index contributed by atoms with van der Waals surface area (Å²) in [5.41, 5.74) is 2.70. The van der Waals surface area contributed by atoms with Gasteiger partial charge in [0.15, 0.2) is 0 Å². The predicted octanol–water partition coefficient (Wildman–Crippen LogP) is 2.80. The topological polar surface area (TPSA) is 50.1 Å². The van der Waals surface area contributed by atoms with E-state index in [9.17, 15) is 4.79 Å². The number of benzene rings is 1. The van der Waals surface area contributed by atoms with Crippen LogP contribution in [-0.2, 0) is 16.5 Å². The molecule has 1 aromatic rings. The highest BCUT2D eigenvalue weighted by atomic mass is 79.9. The van der Waals surface area contributed by atoms with Gasteiger partial charge >= 0.3 is 5.97 Å². The Morgan fingerprint density at radius 3 is 2.69 bits per heavy atom. The van der Waals surface area contributed by atoms with Crippen LogP contribution in [0.3, 0.4) is 0 Å². The second-order valence-electron chi connectivity index (χ2n) is 3.22. The largest absolute Gasteiger partial charge is 0.465 e. The van der Waals surface area contributed by atoms with E-state index in [-0.39, 0.29) is 0 Å². The zero-order valence-electron chi connectivity index (χ0n) is 9.21. The minimum atomic E-state index is -0.394. The fourth-order valence-corrected chi connectivity index (χ4v) is 2.08. The Balaban J connectivity index is 3.44. The fraction of sp³-hybridized carbons (Fsp3) is 0.333. The summed E-state index contributed by atoms with van der Waals surface area (Å²) in [6, 6.07) is 5.63. The third kappa shape index (κ3) is 2.25. The van der Waals surface area contributed by atoms with E-state index in [2.05, 4.69) is 22.0 Å². The van der Waals surface area contributed by atoms with E-state index in [0.717, 1.165) is 11.1 Å². The number of alkyl halides is 1. The highest BCUT2D eigenvalue weighted by Gasteiger charge is 2.16. The van der Waals surface area contributed by atoms with Crippen molar-refractivity contribution >= 4 is 21.9 Å². The van der Waals surface area contributed by atoms with Crippen molar-refractivity contribution < 1.29 is 9.53 Å². The number of halogens is 1. The van der Waals surface area contributed by atoms with Crippen LogP contribution < -0.4 is 0 Å². The van der Waals surface area contributed by atoms with E-state index in [1.54, 1.807) is 12.1 Å². The Morgan fingerprint density at radius 1 is 1.56 bits per heavy atom. The van der Waals surface area contributed by atoms with E-state index in [0.29, 0.717) is 22.9 Å². The summed E-state index contributed by atoms with van der Waals surface area (Å²) in [5.74, 6) is -0.394. The van der Waals surface area contributed by atoms with Crippen LogP contribution in [0.25, 0.3) is 0 Å². The molecule has 1 rings (SSSR count). The molecule has 0 fully saturated rings. The van der Waals surface area contributed by atoms with Crippen molar-refractivity contribution in [3.8, 4) is 6.07 Å². The predicted molar refractivity (Wildman–Crippen MR) is 64.5 cm³/mol. The minimum absolute atomic E-state index is 0.394. The third-order valence-electron chi connectivity index (χ3n) is 2.41. The van der Waals surface area contributed by atoms with Gasteiger partial charge in [0.1, 0.15) is 0 Å². The lowest BCUT2D eigenvalue weighted by Crippen LogP contribution is -2.08. The molecule has 84 valence electrons. The normalized spacial score (nSPS) is 9.62. The lowest BCUT2D eigenvalue weighted by Gasteiger charge is -2.10. The second kappa shape index (κ2) is 5.66. The molecule has 0 unspecified atom stereocenters. The number of hydrogen-bond acceptors (Lipinski definition) is 3. The van der Waals surface area contributed by atoms with E-state index >= 15 is 0 Å². The zero-order chi connectivity index (χ0) is 12.1. The SMILES string of the molecule is CCc1c(C(=O)OC)ccc(CBr)c1C#N. The average molecular weight is 282 g/mol. The number of carbonyl (C=O) groups excluding carboxylic acids is 1. The maximum absolute atomic E-state index is 11.5. The Morgan fingerprint density at radius 2 is 2.25 bits per heavy atom. The summed E-state index contributed by atoms with van der Waals surface area (Å²) >= 11 is 3.32. The summed E-state index contributed by atoms with van der Waals surface area (Å²) < 4.78 is 4.69. The van der Waals surface area contributed by atoms with Crippen LogP contribution in [0.1, 0.15) is 34.0 Å². The smallest absolute Gasteiger partial charge is 0.338 e. The fourth-order valence-electron chi connectivity index (χ4n) is 1.62. The number of hydrogen-bond donors (Lipinski definition) is 0. The molecule has 0 N–H and O–H groups in total. The second-order valence-corrected chi connectivity index (χ2v) is 3.78. The molecule has 0 saturated carbocycles. The first-order valence-corrected chi connectivity index (χ1v) is 6.00. The van der Waals surface area contributed by atoms with Crippen LogP contribution in [0.15, 0.2) is 12.1 Å². The maximum atomic E-state index is 11.5. The molecule has 3 nitrogen and oxygen atoms in total. The number of methoxy groups -OCH3 is 1. The van der Waals surface area contributed by atoms with Gasteiger partial charge in [0.05, 0.1) is 24.3 Å². The van der Waals surface area contributed by atoms with Gasteiger partial charge in [0.2, 0.25) is 0 Å². The molecule has 0 heterocycles. The maximum Gasteiger partial charge on any atom is 0.338 e. The Kier molecular flexibility index (Phi) is 4.51. The molecule has 4 heteroatoms. The number of nitriles is 1. The van der Waals surface area contributed by atoms with Gasteiger partial charge in [-0.1, -0.05) is 28.9 Å². The third-order valence-corrected chi connectivity index (χ3v) is 3.02. The number of rotatable bonds is 3. The van der Waals surface area contributed by atoms with E-state index in [4.69, 9.17) is 10.00 Å². The van der Waals surface area contributed by atoms with Crippen LogP contribution in [0.5, 0.6) is 0 Å². The van der Waals surface area contributed by atoms with Crippen LogP contribution in [0.2, 0.25) is 0 Å². The monoisotopic (exact) mass is 281 g/mol. The summed E-state index contributed by atoms with van der Waals surface area (Å²) in [4.78, 5) is 11.5. The number of carbonyl (C=O) groups is 1. The number of esters is 1.